The van der Waals surface area contributed by atoms with Gasteiger partial charge in [0.25, 0.3) is 5.56 Å². The highest BCUT2D eigenvalue weighted by Gasteiger charge is 2.45. The highest BCUT2D eigenvalue weighted by Crippen LogP contribution is 2.43. The second kappa shape index (κ2) is 13.2. The molecule has 0 amide bonds. The molecule has 3 aromatic carbocycles. The fourth-order valence-electron chi connectivity index (χ4n) is 5.71. The van der Waals surface area contributed by atoms with E-state index in [2.05, 4.69) is 4.98 Å². The van der Waals surface area contributed by atoms with Crippen LogP contribution >= 0.6 is 0 Å². The highest BCUT2D eigenvalue weighted by atomic mass is 19.1. The number of pyridine rings is 1. The van der Waals surface area contributed by atoms with E-state index in [4.69, 9.17) is 19.9 Å². The molecule has 2 heterocycles. The summed E-state index contributed by atoms with van der Waals surface area (Å²) < 4.78 is 35.7. The Morgan fingerprint density at radius 3 is 2.53 bits per heavy atom. The third-order valence-electron chi connectivity index (χ3n) is 8.44. The molecular weight excluding hydrogens is 603 g/mol. The lowest BCUT2D eigenvalue weighted by molar-refractivity contribution is -0.149. The maximum atomic E-state index is 15.3. The monoisotopic (exact) mass is 638 g/mol. The lowest BCUT2D eigenvalue weighted by Crippen LogP contribution is -2.25. The molecule has 1 saturated carbocycles. The number of ether oxygens (including phenoxy) is 3. The summed E-state index contributed by atoms with van der Waals surface area (Å²) in [6.07, 6.45) is 4.53. The number of carbonyl (C=O) groups excluding carboxylic acids is 2. The Bertz CT molecular complexity index is 2020. The maximum absolute atomic E-state index is 15.3. The summed E-state index contributed by atoms with van der Waals surface area (Å²) in [5.74, 6) is -0.413. The normalized spacial score (nSPS) is 13.4. The van der Waals surface area contributed by atoms with E-state index in [0.717, 1.165) is 12.8 Å². The third kappa shape index (κ3) is 6.80. The molecule has 2 N–H and O–H groups in total. The molecule has 10 nitrogen and oxygen atoms in total. The molecule has 0 spiro atoms. The molecule has 1 aliphatic rings. The number of esters is 1. The van der Waals surface area contributed by atoms with E-state index in [9.17, 15) is 14.4 Å². The quantitative estimate of drug-likeness (QED) is 0.101. The zero-order chi connectivity index (χ0) is 33.1. The number of ketones is 1. The lowest BCUT2D eigenvalue weighted by Gasteiger charge is -2.16. The van der Waals surface area contributed by atoms with Crippen LogP contribution in [0.5, 0.6) is 17.2 Å². The van der Waals surface area contributed by atoms with Crippen molar-refractivity contribution in [1.29, 1.82) is 0 Å². The van der Waals surface area contributed by atoms with Gasteiger partial charge in [0.05, 0.1) is 24.4 Å². The van der Waals surface area contributed by atoms with E-state index in [1.165, 1.54) is 16.8 Å². The first-order valence-electron chi connectivity index (χ1n) is 15.4. The average molecular weight is 639 g/mol. The van der Waals surface area contributed by atoms with E-state index >= 15 is 4.39 Å². The predicted molar refractivity (Wildman–Crippen MR) is 174 cm³/mol. The fourth-order valence-corrected chi connectivity index (χ4v) is 5.71. The molecule has 6 rings (SSSR count). The molecule has 11 heteroatoms. The summed E-state index contributed by atoms with van der Waals surface area (Å²) in [4.78, 5) is 42.5. The number of fused-ring (bicyclic) bond motifs is 1. The average Bonchev–Trinajstić information content (AvgIpc) is 3.79. The smallest absolute Gasteiger partial charge is 0.320 e. The van der Waals surface area contributed by atoms with Gasteiger partial charge in [-0.05, 0) is 80.6 Å². The Morgan fingerprint density at radius 1 is 1.02 bits per heavy atom. The molecule has 0 radical (unpaired) electrons. The SMILES string of the molecule is Cc1c(C(=O)Cc2ccc(Oc3ccnc4cc(OCCCC5(OC(=O)CN)CC5)ccc34)c(F)c2)c(=O)n(-c2ccccc2)n1C. The van der Waals surface area contributed by atoms with Crippen molar-refractivity contribution in [2.75, 3.05) is 13.2 Å². The zero-order valence-electron chi connectivity index (χ0n) is 26.2. The largest absolute Gasteiger partial charge is 0.494 e. The van der Waals surface area contributed by atoms with Gasteiger partial charge in [0.1, 0.15) is 22.7 Å². The minimum absolute atomic E-state index is 0.0132. The van der Waals surface area contributed by atoms with E-state index < -0.39 is 22.8 Å². The summed E-state index contributed by atoms with van der Waals surface area (Å²) in [5, 5.41) is 0.665. The predicted octanol–water partition coefficient (Wildman–Crippen LogP) is 5.58. The number of carbonyl (C=O) groups is 2. The van der Waals surface area contributed by atoms with E-state index in [1.54, 1.807) is 67.3 Å². The van der Waals surface area contributed by atoms with Crippen molar-refractivity contribution in [3.05, 3.63) is 112 Å². The molecule has 47 heavy (non-hydrogen) atoms. The van der Waals surface area contributed by atoms with Crippen molar-refractivity contribution in [3.8, 4) is 22.9 Å². The van der Waals surface area contributed by atoms with Gasteiger partial charge < -0.3 is 19.9 Å². The second-order valence-electron chi connectivity index (χ2n) is 11.7. The molecule has 2 aromatic heterocycles. The van der Waals surface area contributed by atoms with Crippen LogP contribution in [0.15, 0.2) is 83.8 Å². The van der Waals surface area contributed by atoms with Gasteiger partial charge in [-0.25, -0.2) is 9.07 Å². The molecule has 0 unspecified atom stereocenters. The van der Waals surface area contributed by atoms with Gasteiger partial charge in [-0.15, -0.1) is 0 Å². The first-order chi connectivity index (χ1) is 22.7. The Kier molecular flexibility index (Phi) is 8.91. The Labute approximate surface area is 270 Å². The van der Waals surface area contributed by atoms with E-state index in [0.29, 0.717) is 58.8 Å². The van der Waals surface area contributed by atoms with Crippen LogP contribution in [0.4, 0.5) is 4.39 Å². The summed E-state index contributed by atoms with van der Waals surface area (Å²) in [7, 11) is 1.72. The number of Topliss-reactive ketones (excluding diaryl/α,β-unsaturated/α-hetero) is 1. The van der Waals surface area contributed by atoms with Gasteiger partial charge in [-0.3, -0.25) is 24.0 Å². The molecule has 5 aromatic rings. The molecule has 1 fully saturated rings. The highest BCUT2D eigenvalue weighted by molar-refractivity contribution is 5.98. The first-order valence-corrected chi connectivity index (χ1v) is 15.4. The topological polar surface area (TPSA) is 128 Å². The van der Waals surface area contributed by atoms with Crippen LogP contribution in [0.3, 0.4) is 0 Å². The summed E-state index contributed by atoms with van der Waals surface area (Å²) >= 11 is 0. The third-order valence-corrected chi connectivity index (χ3v) is 8.44. The van der Waals surface area contributed by atoms with E-state index in [1.807, 2.05) is 18.2 Å². The summed E-state index contributed by atoms with van der Waals surface area (Å²) in [6.45, 7) is 2.03. The lowest BCUT2D eigenvalue weighted by atomic mass is 10.0. The molecule has 0 atom stereocenters. The minimum atomic E-state index is -0.641. The van der Waals surface area contributed by atoms with Gasteiger partial charge in [-0.1, -0.05) is 24.3 Å². The van der Waals surface area contributed by atoms with Crippen molar-refractivity contribution in [1.82, 2.24) is 14.3 Å². The minimum Gasteiger partial charge on any atom is -0.494 e. The standard InChI is InChI=1S/C36H35FN4O6/c1-23-34(35(44)41(40(23)2)25-7-4-3-5-8-25)30(42)20-24-9-12-32(28(37)19-24)46-31-13-17-39-29-21-26(10-11-27(29)31)45-18-6-14-36(15-16-36)47-33(43)22-38/h3-5,7-13,17,19,21H,6,14-16,18,20,22,38H2,1-2H3. The number of halogens is 1. The Morgan fingerprint density at radius 2 is 1.81 bits per heavy atom. The van der Waals surface area contributed by atoms with Gasteiger partial charge in [-0.2, -0.15) is 0 Å². The van der Waals surface area contributed by atoms with Crippen LogP contribution in [0.2, 0.25) is 0 Å². The molecule has 0 bridgehead atoms. The number of rotatable bonds is 13. The molecule has 242 valence electrons. The van der Waals surface area contributed by atoms with Gasteiger partial charge in [0, 0.05) is 36.8 Å². The summed E-state index contributed by atoms with van der Waals surface area (Å²) in [6, 6.07) is 20.4. The molecule has 1 aliphatic carbocycles. The van der Waals surface area contributed by atoms with Crippen LogP contribution in [-0.2, 0) is 23.0 Å². The van der Waals surface area contributed by atoms with Crippen molar-refractivity contribution < 1.29 is 28.2 Å². The number of hydrogen-bond acceptors (Lipinski definition) is 8. The first kappa shape index (κ1) is 31.7. The number of nitrogens with two attached hydrogens (primary N) is 1. The second-order valence-corrected chi connectivity index (χ2v) is 11.7. The van der Waals surface area contributed by atoms with Crippen LogP contribution in [-0.4, -0.2) is 44.9 Å². The Hall–Kier alpha value is -5.29. The van der Waals surface area contributed by atoms with Crippen LogP contribution in [0.25, 0.3) is 16.6 Å². The van der Waals surface area contributed by atoms with E-state index in [-0.39, 0.29) is 30.2 Å². The number of benzene rings is 3. The molecular formula is C36H35FN4O6. The van der Waals surface area contributed by atoms with Crippen molar-refractivity contribution in [2.24, 2.45) is 12.8 Å². The van der Waals surface area contributed by atoms with Crippen molar-refractivity contribution in [3.63, 3.8) is 0 Å². The van der Waals surface area contributed by atoms with Gasteiger partial charge >= 0.3 is 5.97 Å². The van der Waals surface area contributed by atoms with Crippen LogP contribution in [0.1, 0.15) is 47.3 Å². The maximum Gasteiger partial charge on any atom is 0.320 e. The summed E-state index contributed by atoms with van der Waals surface area (Å²) in [5.41, 5.74) is 6.82. The van der Waals surface area contributed by atoms with Crippen molar-refractivity contribution >= 4 is 22.7 Å². The Balaban J connectivity index is 1.11. The number of para-hydroxylation sites is 1. The van der Waals surface area contributed by atoms with Gasteiger partial charge in [0.2, 0.25) is 0 Å². The molecule has 0 aliphatic heterocycles. The number of aromatic nitrogens is 3. The number of nitrogens with zero attached hydrogens (tertiary/aromatic N) is 3. The number of hydrogen-bond donors (Lipinski definition) is 1. The van der Waals surface area contributed by atoms with Gasteiger partial charge in [0.15, 0.2) is 17.3 Å². The van der Waals surface area contributed by atoms with Crippen LogP contribution in [0, 0.1) is 12.7 Å². The van der Waals surface area contributed by atoms with Crippen LogP contribution < -0.4 is 20.8 Å². The van der Waals surface area contributed by atoms with Crippen molar-refractivity contribution in [2.45, 2.75) is 44.6 Å². The fraction of sp³-hybridized carbons (Fsp3) is 0.278. The zero-order valence-corrected chi connectivity index (χ0v) is 26.2. The molecule has 0 saturated heterocycles.